The van der Waals surface area contributed by atoms with Gasteiger partial charge in [-0.15, -0.1) is 0 Å². The zero-order valence-electron chi connectivity index (χ0n) is 17.3. The molecule has 2 unspecified atom stereocenters. The highest BCUT2D eigenvalue weighted by Gasteiger charge is 3.16. The summed E-state index contributed by atoms with van der Waals surface area (Å²) in [5, 5.41) is 0. The molecule has 160 valence electrons. The van der Waals surface area contributed by atoms with Gasteiger partial charge in [0.05, 0.1) is 6.61 Å². The average molecular weight is 397 g/mol. The summed E-state index contributed by atoms with van der Waals surface area (Å²) in [6.45, 7) is 2.36. The molecule has 0 radical (unpaired) electrons. The van der Waals surface area contributed by atoms with Crippen molar-refractivity contribution in [1.82, 2.24) is 0 Å². The lowest BCUT2D eigenvalue weighted by atomic mass is 10.0. The summed E-state index contributed by atoms with van der Waals surface area (Å²) in [5.41, 5.74) is 0. The fourth-order valence-electron chi connectivity index (χ4n) is 4.60. The summed E-state index contributed by atoms with van der Waals surface area (Å²) in [6.07, 6.45) is 18.4. The van der Waals surface area contributed by atoms with Gasteiger partial charge in [-0.3, -0.25) is 19.0 Å². The second-order valence-electron chi connectivity index (χ2n) is 8.69. The third-order valence-corrected chi connectivity index (χ3v) is 6.46. The number of unbranched alkanes of at least 4 members (excludes halogenated alkanes) is 12. The van der Waals surface area contributed by atoms with E-state index in [0.717, 1.165) is 19.3 Å². The van der Waals surface area contributed by atoms with Gasteiger partial charge in [0.1, 0.15) is 6.10 Å². The summed E-state index contributed by atoms with van der Waals surface area (Å²) in [6, 6.07) is 0. The van der Waals surface area contributed by atoms with Crippen molar-refractivity contribution in [1.29, 1.82) is 0 Å². The molecular formula is C22H36O6. The van der Waals surface area contributed by atoms with E-state index in [2.05, 4.69) is 0 Å². The van der Waals surface area contributed by atoms with Gasteiger partial charge in [0, 0.05) is 6.42 Å². The maximum atomic E-state index is 11.2. The molecule has 4 aliphatic rings. The van der Waals surface area contributed by atoms with Crippen molar-refractivity contribution in [3.05, 3.63) is 0 Å². The molecule has 0 aromatic heterocycles. The van der Waals surface area contributed by atoms with Gasteiger partial charge in [-0.2, -0.15) is 0 Å². The van der Waals surface area contributed by atoms with E-state index in [4.69, 9.17) is 23.7 Å². The largest absolute Gasteiger partial charge is 0.466 e. The molecule has 2 atom stereocenters. The average Bonchev–Trinajstić information content (AvgIpc) is 3.55. The molecule has 0 amide bonds. The Balaban J connectivity index is 0.846. The van der Waals surface area contributed by atoms with Gasteiger partial charge in [0.15, 0.2) is 0 Å². The van der Waals surface area contributed by atoms with Crippen LogP contribution in [0.3, 0.4) is 0 Å². The van der Waals surface area contributed by atoms with Gasteiger partial charge in [0.25, 0.3) is 5.79 Å². The Morgan fingerprint density at radius 1 is 0.786 bits per heavy atom. The van der Waals surface area contributed by atoms with E-state index >= 15 is 0 Å². The summed E-state index contributed by atoms with van der Waals surface area (Å²) < 4.78 is 26.9. The van der Waals surface area contributed by atoms with Crippen LogP contribution in [-0.4, -0.2) is 36.2 Å². The van der Waals surface area contributed by atoms with Gasteiger partial charge >= 0.3 is 17.7 Å². The van der Waals surface area contributed by atoms with Crippen LogP contribution in [0, 0.1) is 0 Å². The molecule has 4 heterocycles. The van der Waals surface area contributed by atoms with Crippen LogP contribution < -0.4 is 0 Å². The van der Waals surface area contributed by atoms with E-state index in [1.165, 1.54) is 70.6 Å². The zero-order valence-corrected chi connectivity index (χ0v) is 17.3. The summed E-state index contributed by atoms with van der Waals surface area (Å²) in [7, 11) is 0. The van der Waals surface area contributed by atoms with Crippen molar-refractivity contribution < 1.29 is 28.5 Å². The minimum Gasteiger partial charge on any atom is -0.466 e. The Labute approximate surface area is 168 Å². The molecule has 6 heteroatoms. The topological polar surface area (TPSA) is 73.1 Å². The van der Waals surface area contributed by atoms with E-state index in [0.29, 0.717) is 13.0 Å². The van der Waals surface area contributed by atoms with E-state index in [1.54, 1.807) is 0 Å². The minimum absolute atomic E-state index is 0.0452. The van der Waals surface area contributed by atoms with Crippen LogP contribution >= 0.6 is 0 Å². The van der Waals surface area contributed by atoms with Crippen LogP contribution in [0.5, 0.6) is 0 Å². The van der Waals surface area contributed by atoms with Crippen molar-refractivity contribution in [3.63, 3.8) is 0 Å². The SMILES string of the molecule is CCOC(=O)CCCCCCCCCCCCCCCC1OC12OC13OC12O3. The normalized spacial score (nSPS) is 35.8. The Morgan fingerprint density at radius 3 is 1.79 bits per heavy atom. The number of ether oxygens (including phenoxy) is 5. The third kappa shape index (κ3) is 3.98. The molecule has 0 aromatic rings. The standard InChI is InChI=1S/C22H36O6/c1-2-24-19(23)17-15-13-11-9-7-5-3-4-6-8-10-12-14-16-18-20(25-18)21-22(26-20,27-21)28-21/h18H,2-17H2,1H3. The van der Waals surface area contributed by atoms with Crippen molar-refractivity contribution in [2.45, 2.75) is 127 Å². The number of carbonyl (C=O) groups is 1. The van der Waals surface area contributed by atoms with Gasteiger partial charge in [-0.05, 0) is 19.8 Å². The van der Waals surface area contributed by atoms with Crippen molar-refractivity contribution in [2.24, 2.45) is 0 Å². The molecule has 0 saturated carbocycles. The molecule has 1 spiro atoms. The molecule has 4 fully saturated rings. The molecule has 0 bridgehead atoms. The summed E-state index contributed by atoms with van der Waals surface area (Å²) in [5.74, 6) is -1.66. The summed E-state index contributed by atoms with van der Waals surface area (Å²) >= 11 is 0. The van der Waals surface area contributed by atoms with Crippen molar-refractivity contribution in [2.75, 3.05) is 6.61 Å². The molecule has 4 rings (SSSR count). The van der Waals surface area contributed by atoms with E-state index in [9.17, 15) is 4.79 Å². The first-order chi connectivity index (χ1) is 13.7. The second kappa shape index (κ2) is 8.58. The molecule has 28 heavy (non-hydrogen) atoms. The van der Waals surface area contributed by atoms with Gasteiger partial charge in [0.2, 0.25) is 0 Å². The molecule has 0 N–H and O–H groups in total. The fourth-order valence-corrected chi connectivity index (χ4v) is 4.60. The monoisotopic (exact) mass is 396 g/mol. The van der Waals surface area contributed by atoms with Crippen LogP contribution in [0.4, 0.5) is 0 Å². The lowest BCUT2D eigenvalue weighted by Crippen LogP contribution is -2.39. The van der Waals surface area contributed by atoms with E-state index in [-0.39, 0.29) is 12.1 Å². The second-order valence-corrected chi connectivity index (χ2v) is 8.69. The number of epoxide rings is 3. The Bertz CT molecular complexity index is 543. The first-order valence-electron chi connectivity index (χ1n) is 11.6. The van der Waals surface area contributed by atoms with Gasteiger partial charge in [-0.1, -0.05) is 77.0 Å². The molecule has 4 aliphatic heterocycles. The number of hydrogen-bond donors (Lipinski definition) is 0. The van der Waals surface area contributed by atoms with Crippen LogP contribution in [0.2, 0.25) is 0 Å². The number of rotatable bonds is 17. The number of hydrogen-bond acceptors (Lipinski definition) is 6. The van der Waals surface area contributed by atoms with E-state index in [1.807, 2.05) is 6.92 Å². The first kappa shape index (κ1) is 20.6. The molecular weight excluding hydrogens is 360 g/mol. The van der Waals surface area contributed by atoms with Gasteiger partial charge < -0.3 is 9.47 Å². The highest BCUT2D eigenvalue weighted by molar-refractivity contribution is 5.69. The fraction of sp³-hybridized carbons (Fsp3) is 0.955. The zero-order chi connectivity index (χ0) is 19.5. The molecule has 6 nitrogen and oxygen atoms in total. The van der Waals surface area contributed by atoms with Crippen LogP contribution in [0.25, 0.3) is 0 Å². The van der Waals surface area contributed by atoms with Crippen molar-refractivity contribution >= 4 is 5.97 Å². The molecule has 0 aromatic carbocycles. The first-order valence-corrected chi connectivity index (χ1v) is 11.6. The highest BCUT2D eigenvalue weighted by atomic mass is 17.2. The highest BCUT2D eigenvalue weighted by Crippen LogP contribution is 2.88. The predicted octanol–water partition coefficient (Wildman–Crippen LogP) is 4.94. The van der Waals surface area contributed by atoms with Crippen LogP contribution in [0.15, 0.2) is 0 Å². The smallest absolute Gasteiger partial charge is 0.355 e. The Morgan fingerprint density at radius 2 is 1.32 bits per heavy atom. The lowest BCUT2D eigenvalue weighted by molar-refractivity contribution is -0.166. The Kier molecular flexibility index (Phi) is 6.31. The predicted molar refractivity (Wildman–Crippen MR) is 102 cm³/mol. The Hall–Kier alpha value is -0.690. The third-order valence-electron chi connectivity index (χ3n) is 6.46. The number of esters is 1. The van der Waals surface area contributed by atoms with Crippen molar-refractivity contribution in [3.8, 4) is 0 Å². The number of carbonyl (C=O) groups excluding carboxylic acids is 1. The lowest BCUT2D eigenvalue weighted by Gasteiger charge is -2.10. The van der Waals surface area contributed by atoms with E-state index < -0.39 is 17.5 Å². The van der Waals surface area contributed by atoms with Crippen LogP contribution in [-0.2, 0) is 28.5 Å². The quantitative estimate of drug-likeness (QED) is 0.197. The van der Waals surface area contributed by atoms with Crippen LogP contribution in [0.1, 0.15) is 103 Å². The van der Waals surface area contributed by atoms with Gasteiger partial charge in [-0.25, -0.2) is 0 Å². The molecule has 4 saturated heterocycles. The summed E-state index contributed by atoms with van der Waals surface area (Å²) in [4.78, 5) is 11.2. The minimum atomic E-state index is -0.647. The molecule has 0 aliphatic carbocycles. The maximum Gasteiger partial charge on any atom is 0.355 e. The maximum absolute atomic E-state index is 11.2.